The van der Waals surface area contributed by atoms with E-state index >= 15 is 0 Å². The summed E-state index contributed by atoms with van der Waals surface area (Å²) in [7, 11) is 0. The summed E-state index contributed by atoms with van der Waals surface area (Å²) in [5, 5.41) is 11.0. The lowest BCUT2D eigenvalue weighted by molar-refractivity contribution is 0.0954. The monoisotopic (exact) mass is 286 g/mol. The number of carbonyl (C=O) groups excluding carboxylic acids is 1. The van der Waals surface area contributed by atoms with E-state index in [1.54, 1.807) is 0 Å². The maximum absolute atomic E-state index is 12.3. The molecule has 1 amide bonds. The molecule has 3 rings (SSSR count). The van der Waals surface area contributed by atoms with Crippen molar-refractivity contribution in [2.24, 2.45) is 0 Å². The van der Waals surface area contributed by atoms with Crippen LogP contribution in [0.15, 0.2) is 30.3 Å². The van der Waals surface area contributed by atoms with Gasteiger partial charge in [0.25, 0.3) is 5.91 Å². The lowest BCUT2D eigenvalue weighted by Gasteiger charge is -2.04. The smallest absolute Gasteiger partial charge is 0.263 e. The molecule has 0 unspecified atom stereocenters. The van der Waals surface area contributed by atoms with Crippen molar-refractivity contribution in [3.05, 3.63) is 52.3 Å². The van der Waals surface area contributed by atoms with Crippen LogP contribution < -0.4 is 5.32 Å². The van der Waals surface area contributed by atoms with Crippen LogP contribution in [-0.2, 0) is 6.54 Å². The number of aromatic nitrogens is 3. The molecular formula is C14H14N4OS. The Morgan fingerprint density at radius 1 is 1.25 bits per heavy atom. The third-order valence-electron chi connectivity index (χ3n) is 3.15. The van der Waals surface area contributed by atoms with Crippen molar-refractivity contribution < 1.29 is 4.79 Å². The van der Waals surface area contributed by atoms with E-state index in [1.807, 2.05) is 48.6 Å². The van der Waals surface area contributed by atoms with Crippen LogP contribution in [0.3, 0.4) is 0 Å². The van der Waals surface area contributed by atoms with Crippen molar-refractivity contribution in [3.8, 4) is 0 Å². The molecule has 0 saturated carbocycles. The molecule has 0 saturated heterocycles. The highest BCUT2D eigenvalue weighted by Crippen LogP contribution is 2.22. The highest BCUT2D eigenvalue weighted by molar-refractivity contribution is 7.19. The average molecular weight is 286 g/mol. The van der Waals surface area contributed by atoms with Gasteiger partial charge in [-0.3, -0.25) is 9.20 Å². The van der Waals surface area contributed by atoms with E-state index in [2.05, 4.69) is 15.5 Å². The number of fused-ring (bicyclic) bond motifs is 1. The Balaban J connectivity index is 1.80. The molecule has 0 aliphatic heterocycles. The quantitative estimate of drug-likeness (QED) is 0.804. The molecule has 2 aromatic heterocycles. The molecule has 0 bridgehead atoms. The van der Waals surface area contributed by atoms with Gasteiger partial charge in [-0.1, -0.05) is 41.7 Å². The molecule has 0 aliphatic rings. The summed E-state index contributed by atoms with van der Waals surface area (Å²) in [5.41, 5.74) is 1.97. The number of amides is 1. The number of benzene rings is 1. The Morgan fingerprint density at radius 3 is 2.70 bits per heavy atom. The molecule has 6 heteroatoms. The van der Waals surface area contributed by atoms with E-state index in [-0.39, 0.29) is 5.91 Å². The Labute approximate surface area is 120 Å². The zero-order valence-electron chi connectivity index (χ0n) is 11.3. The number of aryl methyl sites for hydroxylation is 2. The molecule has 20 heavy (non-hydrogen) atoms. The SMILES string of the molecule is Cc1nnc2sc(C(=O)NCc3ccccc3)c(C)n12. The number of rotatable bonds is 3. The molecule has 0 spiro atoms. The summed E-state index contributed by atoms with van der Waals surface area (Å²) in [6.45, 7) is 4.32. The normalized spacial score (nSPS) is 10.9. The van der Waals surface area contributed by atoms with Gasteiger partial charge in [-0.05, 0) is 19.4 Å². The first-order chi connectivity index (χ1) is 9.66. The van der Waals surface area contributed by atoms with Gasteiger partial charge in [0.05, 0.1) is 0 Å². The highest BCUT2D eigenvalue weighted by atomic mass is 32.1. The van der Waals surface area contributed by atoms with Crippen LogP contribution >= 0.6 is 11.3 Å². The Kier molecular flexibility index (Phi) is 3.23. The zero-order valence-corrected chi connectivity index (χ0v) is 12.1. The van der Waals surface area contributed by atoms with Crippen molar-refractivity contribution in [1.82, 2.24) is 19.9 Å². The number of carbonyl (C=O) groups is 1. The van der Waals surface area contributed by atoms with Crippen LogP contribution in [0, 0.1) is 13.8 Å². The Bertz CT molecular complexity index is 760. The summed E-state index contributed by atoms with van der Waals surface area (Å²) in [5.74, 6) is 0.733. The minimum Gasteiger partial charge on any atom is -0.347 e. The molecule has 0 fully saturated rings. The van der Waals surface area contributed by atoms with E-state index in [4.69, 9.17) is 0 Å². The Hall–Kier alpha value is -2.21. The van der Waals surface area contributed by atoms with Crippen LogP contribution in [0.5, 0.6) is 0 Å². The standard InChI is InChI=1S/C14H14N4OS/c1-9-12(20-14-17-16-10(2)18(9)14)13(19)15-8-11-6-4-3-5-7-11/h3-7H,8H2,1-2H3,(H,15,19). The van der Waals surface area contributed by atoms with Gasteiger partial charge in [-0.15, -0.1) is 10.2 Å². The second kappa shape index (κ2) is 5.05. The maximum atomic E-state index is 12.3. The summed E-state index contributed by atoms with van der Waals surface area (Å²) in [4.78, 5) is 13.7. The third kappa shape index (κ3) is 2.18. The average Bonchev–Trinajstić information content (AvgIpc) is 2.99. The van der Waals surface area contributed by atoms with Gasteiger partial charge in [0, 0.05) is 12.2 Å². The fraction of sp³-hybridized carbons (Fsp3) is 0.214. The van der Waals surface area contributed by atoms with Gasteiger partial charge in [-0.2, -0.15) is 0 Å². The predicted molar refractivity (Wildman–Crippen MR) is 78.0 cm³/mol. The maximum Gasteiger partial charge on any atom is 0.263 e. The largest absolute Gasteiger partial charge is 0.347 e. The molecule has 1 aromatic carbocycles. The lowest BCUT2D eigenvalue weighted by atomic mass is 10.2. The number of hydrogen-bond acceptors (Lipinski definition) is 4. The van der Waals surface area contributed by atoms with Crippen LogP contribution in [0.25, 0.3) is 4.96 Å². The van der Waals surface area contributed by atoms with Gasteiger partial charge in [0.15, 0.2) is 0 Å². The molecule has 5 nitrogen and oxygen atoms in total. The molecule has 0 atom stereocenters. The van der Waals surface area contributed by atoms with E-state index in [0.717, 1.165) is 22.0 Å². The van der Waals surface area contributed by atoms with Gasteiger partial charge in [-0.25, -0.2) is 0 Å². The number of nitrogens with one attached hydrogen (secondary N) is 1. The summed E-state index contributed by atoms with van der Waals surface area (Å²) in [6.07, 6.45) is 0. The fourth-order valence-corrected chi connectivity index (χ4v) is 3.16. The van der Waals surface area contributed by atoms with Crippen LogP contribution in [-0.4, -0.2) is 20.5 Å². The molecule has 3 aromatic rings. The minimum atomic E-state index is -0.0683. The van der Waals surface area contributed by atoms with E-state index in [0.29, 0.717) is 11.4 Å². The van der Waals surface area contributed by atoms with Crippen molar-refractivity contribution in [2.45, 2.75) is 20.4 Å². The summed E-state index contributed by atoms with van der Waals surface area (Å²) < 4.78 is 1.90. The summed E-state index contributed by atoms with van der Waals surface area (Å²) >= 11 is 1.37. The van der Waals surface area contributed by atoms with E-state index in [9.17, 15) is 4.79 Å². The van der Waals surface area contributed by atoms with E-state index in [1.165, 1.54) is 11.3 Å². The van der Waals surface area contributed by atoms with Crippen molar-refractivity contribution in [1.29, 1.82) is 0 Å². The molecule has 1 N–H and O–H groups in total. The molecule has 2 heterocycles. The molecule has 102 valence electrons. The minimum absolute atomic E-state index is 0.0683. The fourth-order valence-electron chi connectivity index (χ4n) is 2.13. The third-order valence-corrected chi connectivity index (χ3v) is 4.29. The van der Waals surface area contributed by atoms with Gasteiger partial charge < -0.3 is 5.32 Å². The number of nitrogens with zero attached hydrogens (tertiary/aromatic N) is 3. The van der Waals surface area contributed by atoms with Gasteiger partial charge >= 0.3 is 0 Å². The second-order valence-electron chi connectivity index (χ2n) is 4.55. The van der Waals surface area contributed by atoms with Crippen LogP contribution in [0.1, 0.15) is 26.8 Å². The first-order valence-electron chi connectivity index (χ1n) is 6.30. The number of thiazole rings is 1. The molecule has 0 radical (unpaired) electrons. The van der Waals surface area contributed by atoms with Crippen molar-refractivity contribution in [3.63, 3.8) is 0 Å². The summed E-state index contributed by atoms with van der Waals surface area (Å²) in [6, 6.07) is 9.85. The topological polar surface area (TPSA) is 59.3 Å². The lowest BCUT2D eigenvalue weighted by Crippen LogP contribution is -2.22. The van der Waals surface area contributed by atoms with Crippen LogP contribution in [0.2, 0.25) is 0 Å². The zero-order chi connectivity index (χ0) is 14.1. The van der Waals surface area contributed by atoms with Gasteiger partial charge in [0.2, 0.25) is 4.96 Å². The van der Waals surface area contributed by atoms with Crippen LogP contribution in [0.4, 0.5) is 0 Å². The first kappa shape index (κ1) is 12.8. The second-order valence-corrected chi connectivity index (χ2v) is 5.53. The first-order valence-corrected chi connectivity index (χ1v) is 7.11. The van der Waals surface area contributed by atoms with E-state index < -0.39 is 0 Å². The van der Waals surface area contributed by atoms with Crippen molar-refractivity contribution >= 4 is 22.2 Å². The molecular weight excluding hydrogens is 272 g/mol. The predicted octanol–water partition coefficient (Wildman–Crippen LogP) is 2.34. The molecule has 0 aliphatic carbocycles. The Morgan fingerprint density at radius 2 is 2.00 bits per heavy atom. The number of hydrogen-bond donors (Lipinski definition) is 1. The van der Waals surface area contributed by atoms with Crippen molar-refractivity contribution in [2.75, 3.05) is 0 Å². The van der Waals surface area contributed by atoms with Gasteiger partial charge in [0.1, 0.15) is 10.7 Å². The highest BCUT2D eigenvalue weighted by Gasteiger charge is 2.17.